The molecule has 0 radical (unpaired) electrons. The molecule has 0 aromatic carbocycles. The fourth-order valence-corrected chi connectivity index (χ4v) is 12.9. The summed E-state index contributed by atoms with van der Waals surface area (Å²) in [7, 11) is 4.62. The summed E-state index contributed by atoms with van der Waals surface area (Å²) in [6, 6.07) is 21.4. The maximum Gasteiger partial charge on any atom is 0.354 e. The van der Waals surface area contributed by atoms with Gasteiger partial charge in [-0.05, 0) is 222 Å². The number of aromatic carboxylic acids is 1. The number of aromatic nitrogens is 21. The van der Waals surface area contributed by atoms with Crippen molar-refractivity contribution in [3.8, 4) is 22.5 Å². The van der Waals surface area contributed by atoms with E-state index in [1.54, 1.807) is 104 Å². The molecule has 14 aromatic rings. The summed E-state index contributed by atoms with van der Waals surface area (Å²) in [5, 5.41) is 40.5. The Labute approximate surface area is 720 Å². The highest BCUT2D eigenvalue weighted by Crippen LogP contribution is 2.34. The highest BCUT2D eigenvalue weighted by Gasteiger charge is 2.26. The molecule has 14 aromatic heterocycles. The normalized spacial score (nSPS) is 11.0. The van der Waals surface area contributed by atoms with E-state index in [2.05, 4.69) is 165 Å². The summed E-state index contributed by atoms with van der Waals surface area (Å²) in [4.78, 5) is 86.8. The molecular formula is C79H88Br5FN24O9. The molecule has 0 aliphatic carbocycles. The minimum absolute atomic E-state index is 0.0606. The summed E-state index contributed by atoms with van der Waals surface area (Å²) >= 11 is 16.8. The average Bonchev–Trinajstić information content (AvgIpc) is 1.60. The largest absolute Gasteiger partial charge is 0.504 e. The van der Waals surface area contributed by atoms with Gasteiger partial charge in [-0.25, -0.2) is 34.8 Å². The average molecular weight is 1940 g/mol. The molecule has 1 amide bonds. The predicted octanol–water partition coefficient (Wildman–Crippen LogP) is 15.6. The number of ketones is 2. The molecule has 6 N–H and O–H groups in total. The highest BCUT2D eigenvalue weighted by atomic mass is 79.9. The molecule has 0 atom stereocenters. The Bertz CT molecular complexity index is 5670. The fraction of sp³-hybridized carbons (Fsp3) is 0.278. The lowest BCUT2D eigenvalue weighted by molar-refractivity contribution is -0.156. The van der Waals surface area contributed by atoms with Gasteiger partial charge in [-0.3, -0.25) is 61.4 Å². The van der Waals surface area contributed by atoms with Crippen molar-refractivity contribution in [2.24, 2.45) is 5.41 Å². The van der Waals surface area contributed by atoms with Crippen molar-refractivity contribution in [1.82, 2.24) is 108 Å². The Balaban J connectivity index is 0.000000174. The Kier molecular flexibility index (Phi) is 34.0. The number of esters is 1. The molecular weight excluding hydrogens is 1850 g/mol. The first kappa shape index (κ1) is 92.0. The first-order valence-electron chi connectivity index (χ1n) is 36.6. The van der Waals surface area contributed by atoms with Gasteiger partial charge in [0.15, 0.2) is 6.73 Å². The zero-order valence-electron chi connectivity index (χ0n) is 66.8. The van der Waals surface area contributed by atoms with E-state index < -0.39 is 23.1 Å². The SMILES string of the molecule is CCn1nccc1-c1c[nH]c2ncc(Br)cc12.CCn1nccc1-c1cn(COC(=O)C(C)(C)C)c2ncc(Br)cc12.CCn1nccc1C(=COC)c1cc(Br)cnc1N.CCn1nccc1C(=O)N(C)OC.CCn1nccc1C(=O)O.CCn1nccc1C(=O)c1cc(Br)cnc1F.CCn1nccc1C(=O)c1cc(Br)cnc1N. The predicted molar refractivity (Wildman–Crippen MR) is 462 cm³/mol. The minimum Gasteiger partial charge on any atom is -0.504 e. The molecule has 39 heteroatoms. The van der Waals surface area contributed by atoms with Gasteiger partial charge in [0.05, 0.1) is 54.1 Å². The van der Waals surface area contributed by atoms with E-state index in [0.29, 0.717) is 59.1 Å². The van der Waals surface area contributed by atoms with Gasteiger partial charge in [0, 0.05) is 195 Å². The van der Waals surface area contributed by atoms with Crippen LogP contribution >= 0.6 is 79.6 Å². The number of amides is 1. The molecule has 14 rings (SSSR count). The zero-order valence-corrected chi connectivity index (χ0v) is 74.7. The molecule has 0 fully saturated rings. The number of aromatic amines is 1. The van der Waals surface area contributed by atoms with Gasteiger partial charge in [0.2, 0.25) is 17.5 Å². The van der Waals surface area contributed by atoms with Crippen LogP contribution < -0.4 is 11.5 Å². The molecule has 0 bridgehead atoms. The van der Waals surface area contributed by atoms with Crippen LogP contribution in [0.3, 0.4) is 0 Å². The number of carboxylic acids is 1. The first-order valence-corrected chi connectivity index (χ1v) is 40.6. The molecule has 14 heterocycles. The number of nitrogens with one attached hydrogen (secondary N) is 1. The summed E-state index contributed by atoms with van der Waals surface area (Å²) in [5.41, 5.74) is 21.6. The van der Waals surface area contributed by atoms with Crippen LogP contribution in [0.25, 0.3) is 50.2 Å². The minimum atomic E-state index is -0.931. The van der Waals surface area contributed by atoms with Crippen LogP contribution in [0.15, 0.2) is 188 Å². The van der Waals surface area contributed by atoms with Crippen LogP contribution in [0.4, 0.5) is 16.0 Å². The van der Waals surface area contributed by atoms with E-state index in [1.807, 2.05) is 123 Å². The lowest BCUT2D eigenvalue weighted by Crippen LogP contribution is -2.27. The number of hydrogen-bond donors (Lipinski definition) is 4. The molecule has 0 unspecified atom stereocenters. The third-order valence-corrected chi connectivity index (χ3v) is 19.3. The summed E-state index contributed by atoms with van der Waals surface area (Å²) in [6.07, 6.45) is 25.2. The van der Waals surface area contributed by atoms with Gasteiger partial charge in [0.25, 0.3) is 5.91 Å². The third kappa shape index (κ3) is 23.4. The van der Waals surface area contributed by atoms with Crippen LogP contribution in [-0.4, -0.2) is 164 Å². The number of rotatable bonds is 21. The van der Waals surface area contributed by atoms with Crippen molar-refractivity contribution < 1.29 is 47.8 Å². The molecule has 0 saturated carbocycles. The van der Waals surface area contributed by atoms with Crippen molar-refractivity contribution in [1.29, 1.82) is 0 Å². The number of carboxylic acid groups (broad SMARTS) is 1. The van der Waals surface area contributed by atoms with Crippen molar-refractivity contribution in [2.75, 3.05) is 32.7 Å². The number of carbonyl (C=O) groups excluding carboxylic acids is 4. The van der Waals surface area contributed by atoms with Gasteiger partial charge >= 0.3 is 11.9 Å². The second-order valence-electron chi connectivity index (χ2n) is 25.7. The number of methoxy groups -OCH3 is 1. The number of pyridine rings is 5. The van der Waals surface area contributed by atoms with E-state index >= 15 is 0 Å². The topological polar surface area (TPSA) is 398 Å². The standard InChI is InChI=1S/C18H21BrN4O2.C13H15BrN4O.C12H11BrN4.C11H9BrFN3O.C11H11BrN4O.C8H13N3O2.C6H8N2O2/c1-5-23-15(6-7-21-23)14-10-22(11-25-17(24)18(2,3)4)16-13(14)8-12(19)9-20-16;1-3-18-12(4-5-17-18)11(8-19-2)10-6-9(14)7-16-13(10)15;1-2-17-11(3-4-16-17)10-7-15-12-9(10)5-8(13)6-14-12;2*1-2-16-9(3-4-15-16)10(17)8-5-7(12)6-14-11(8)13;1-4-11-7(5-6-9-11)8(12)10(2)13-3;1-2-8-5(6(9)10)3-4-7-8/h6-10H,5,11H2,1-4H3;4-8H,3H2,1-2H3,(H2,15,16);3-7H,2H2,1H3,(H,14,15);3-6H,2H2,1H3;3-6H,2H2,1H3,(H2,13,14);5-6H,4H2,1-3H3;3-4H,2H2,1H3,(H,9,10). The Morgan fingerprint density at radius 3 is 1.41 bits per heavy atom. The quantitative estimate of drug-likeness (QED) is 0.0171. The van der Waals surface area contributed by atoms with Crippen molar-refractivity contribution in [3.63, 3.8) is 0 Å². The van der Waals surface area contributed by atoms with Gasteiger partial charge in [-0.1, -0.05) is 0 Å². The number of anilines is 2. The molecule has 33 nitrogen and oxygen atoms in total. The first-order chi connectivity index (χ1) is 56.5. The molecule has 118 heavy (non-hydrogen) atoms. The molecule has 620 valence electrons. The van der Waals surface area contributed by atoms with Crippen LogP contribution in [0.2, 0.25) is 0 Å². The molecule has 0 saturated heterocycles. The highest BCUT2D eigenvalue weighted by molar-refractivity contribution is 9.11. The lowest BCUT2D eigenvalue weighted by Gasteiger charge is -2.16. The Morgan fingerprint density at radius 2 is 0.907 bits per heavy atom. The summed E-state index contributed by atoms with van der Waals surface area (Å²) in [5.74, 6) is -2.06. The number of ether oxygens (including phenoxy) is 2. The lowest BCUT2D eigenvalue weighted by atomic mass is 9.98. The van der Waals surface area contributed by atoms with E-state index in [1.165, 1.54) is 52.3 Å². The maximum absolute atomic E-state index is 13.5. The fourth-order valence-electron chi connectivity index (χ4n) is 11.3. The summed E-state index contributed by atoms with van der Waals surface area (Å²) < 4.78 is 42.0. The zero-order chi connectivity index (χ0) is 86.1. The van der Waals surface area contributed by atoms with E-state index in [9.17, 15) is 28.4 Å². The van der Waals surface area contributed by atoms with E-state index in [-0.39, 0.29) is 41.5 Å². The number of halogens is 6. The Morgan fingerprint density at radius 1 is 0.508 bits per heavy atom. The third-order valence-electron chi connectivity index (χ3n) is 17.1. The number of hydroxylamine groups is 2. The van der Waals surface area contributed by atoms with E-state index in [0.717, 1.165) is 98.9 Å². The number of aryl methyl sites for hydroxylation is 7. The number of H-pyrrole nitrogens is 1. The van der Waals surface area contributed by atoms with Crippen molar-refractivity contribution >= 4 is 148 Å². The van der Waals surface area contributed by atoms with Gasteiger partial charge < -0.3 is 31.0 Å². The van der Waals surface area contributed by atoms with Crippen LogP contribution in [0, 0.1) is 11.4 Å². The van der Waals surface area contributed by atoms with Gasteiger partial charge in [0.1, 0.15) is 45.7 Å². The second-order valence-corrected chi connectivity index (χ2v) is 30.3. The van der Waals surface area contributed by atoms with Crippen molar-refractivity contribution in [3.05, 3.63) is 239 Å². The Hall–Kier alpha value is -11.5. The number of nitrogens with two attached hydrogens (primary N) is 2. The number of carbonyl (C=O) groups is 5. The van der Waals surface area contributed by atoms with Crippen molar-refractivity contribution in [2.45, 2.75) is 122 Å². The number of nitrogens with zero attached hydrogens (tertiary/aromatic N) is 21. The summed E-state index contributed by atoms with van der Waals surface area (Å²) in [6.45, 7) is 24.2. The van der Waals surface area contributed by atoms with Gasteiger partial charge in [-0.2, -0.15) is 40.1 Å². The molecule has 0 aliphatic heterocycles. The van der Waals surface area contributed by atoms with Crippen LogP contribution in [-0.2, 0) is 71.6 Å². The number of fused-ring (bicyclic) bond motifs is 2. The second kappa shape index (κ2) is 43.6. The monoisotopic (exact) mass is 1930 g/mol. The smallest absolute Gasteiger partial charge is 0.354 e. The van der Waals surface area contributed by atoms with E-state index in [4.69, 9.17) is 30.9 Å². The number of nitrogen functional groups attached to an aromatic ring is 2. The van der Waals surface area contributed by atoms with Gasteiger partial charge in [-0.15, -0.1) is 0 Å². The van der Waals surface area contributed by atoms with Crippen LogP contribution in [0.5, 0.6) is 0 Å². The van der Waals surface area contributed by atoms with Crippen LogP contribution in [0.1, 0.15) is 134 Å². The maximum atomic E-state index is 13.5. The molecule has 0 spiro atoms. The molecule has 0 aliphatic rings. The number of hydrogen-bond acceptors (Lipinski definition) is 22.